The minimum Gasteiger partial charge on any atom is -0.385 e. The molecule has 0 spiro atoms. The lowest BCUT2D eigenvalue weighted by Gasteiger charge is -2.43. The predicted molar refractivity (Wildman–Crippen MR) is 70.3 cm³/mol. The number of aromatic nitrogens is 1. The van der Waals surface area contributed by atoms with Crippen LogP contribution in [0.3, 0.4) is 0 Å². The molecule has 18 heavy (non-hydrogen) atoms. The van der Waals surface area contributed by atoms with E-state index in [2.05, 4.69) is 4.98 Å². The Kier molecular flexibility index (Phi) is 2.80. The quantitative estimate of drug-likeness (QED) is 0.901. The topological polar surface area (TPSA) is 42.4 Å². The van der Waals surface area contributed by atoms with Crippen molar-refractivity contribution < 1.29 is 9.84 Å². The maximum Gasteiger partial charge on any atom is 0.0946 e. The molecule has 1 N–H and O–H groups in total. The van der Waals surface area contributed by atoms with Gasteiger partial charge in [-0.1, -0.05) is 18.2 Å². The van der Waals surface area contributed by atoms with Gasteiger partial charge in [0.05, 0.1) is 17.2 Å². The molecule has 0 atom stereocenters. The van der Waals surface area contributed by atoms with E-state index in [4.69, 9.17) is 4.74 Å². The molecule has 3 heteroatoms. The summed E-state index contributed by atoms with van der Waals surface area (Å²) in [5.74, 6) is 0. The highest BCUT2D eigenvalue weighted by Gasteiger charge is 2.44. The molecule has 0 bridgehead atoms. The third-order valence-electron chi connectivity index (χ3n) is 3.68. The second-order valence-electron chi connectivity index (χ2n) is 4.93. The summed E-state index contributed by atoms with van der Waals surface area (Å²) in [5.41, 5.74) is 1.15. The Labute approximate surface area is 106 Å². The molecule has 1 aromatic carbocycles. The van der Waals surface area contributed by atoms with Crippen molar-refractivity contribution in [3.8, 4) is 0 Å². The van der Waals surface area contributed by atoms with Crippen molar-refractivity contribution in [3.05, 3.63) is 42.1 Å². The number of nitrogens with zero attached hydrogens (tertiary/aromatic N) is 1. The van der Waals surface area contributed by atoms with Crippen molar-refractivity contribution in [1.82, 2.24) is 4.98 Å². The number of benzene rings is 1. The van der Waals surface area contributed by atoms with Crippen LogP contribution in [0.15, 0.2) is 36.5 Å². The van der Waals surface area contributed by atoms with Crippen LogP contribution in [0, 0.1) is 0 Å². The molecule has 1 fully saturated rings. The van der Waals surface area contributed by atoms with E-state index < -0.39 is 5.60 Å². The highest BCUT2D eigenvalue weighted by Crippen LogP contribution is 2.43. The van der Waals surface area contributed by atoms with E-state index in [1.54, 1.807) is 6.20 Å². The third-order valence-corrected chi connectivity index (χ3v) is 3.68. The SMILES string of the molecule is CCOC1CC(O)(c2ccc3cccnc3c2)C1. The average molecular weight is 243 g/mol. The normalized spacial score (nSPS) is 27.1. The maximum atomic E-state index is 10.5. The summed E-state index contributed by atoms with van der Waals surface area (Å²) in [4.78, 5) is 4.33. The van der Waals surface area contributed by atoms with Crippen LogP contribution in [-0.2, 0) is 10.3 Å². The Morgan fingerprint density at radius 3 is 3.00 bits per heavy atom. The second-order valence-corrected chi connectivity index (χ2v) is 4.93. The molecular weight excluding hydrogens is 226 g/mol. The van der Waals surface area contributed by atoms with Crippen molar-refractivity contribution in [3.63, 3.8) is 0 Å². The van der Waals surface area contributed by atoms with E-state index >= 15 is 0 Å². The first-order valence-electron chi connectivity index (χ1n) is 6.40. The molecule has 0 aliphatic heterocycles. The molecule has 94 valence electrons. The lowest BCUT2D eigenvalue weighted by molar-refractivity contribution is -0.142. The molecule has 3 rings (SSSR count). The van der Waals surface area contributed by atoms with Crippen LogP contribution in [0.4, 0.5) is 0 Å². The Bertz CT molecular complexity index is 561. The van der Waals surface area contributed by atoms with Crippen molar-refractivity contribution in [2.24, 2.45) is 0 Å². The van der Waals surface area contributed by atoms with Crippen molar-refractivity contribution in [1.29, 1.82) is 0 Å². The lowest BCUT2D eigenvalue weighted by Crippen LogP contribution is -2.45. The Hall–Kier alpha value is -1.45. The number of fused-ring (bicyclic) bond motifs is 1. The van der Waals surface area contributed by atoms with Gasteiger partial charge in [0.2, 0.25) is 0 Å². The third kappa shape index (κ3) is 1.89. The van der Waals surface area contributed by atoms with E-state index in [9.17, 15) is 5.11 Å². The lowest BCUT2D eigenvalue weighted by atomic mass is 9.72. The zero-order valence-corrected chi connectivity index (χ0v) is 10.5. The molecule has 1 aromatic heterocycles. The van der Waals surface area contributed by atoms with E-state index in [0.29, 0.717) is 19.4 Å². The van der Waals surface area contributed by atoms with Crippen LogP contribution >= 0.6 is 0 Å². The zero-order valence-electron chi connectivity index (χ0n) is 10.5. The molecule has 0 radical (unpaired) electrons. The summed E-state index contributed by atoms with van der Waals surface area (Å²) in [6.07, 6.45) is 3.33. The smallest absolute Gasteiger partial charge is 0.0946 e. The van der Waals surface area contributed by atoms with Gasteiger partial charge < -0.3 is 9.84 Å². The first-order chi connectivity index (χ1) is 8.71. The molecule has 1 saturated carbocycles. The molecule has 2 aromatic rings. The fraction of sp³-hybridized carbons (Fsp3) is 0.400. The Balaban J connectivity index is 1.87. The van der Waals surface area contributed by atoms with Crippen molar-refractivity contribution >= 4 is 10.9 Å². The van der Waals surface area contributed by atoms with E-state index in [1.807, 2.05) is 37.3 Å². The number of hydrogen-bond donors (Lipinski definition) is 1. The number of rotatable bonds is 3. The van der Waals surface area contributed by atoms with Gasteiger partial charge >= 0.3 is 0 Å². The first kappa shape index (κ1) is 11.6. The minimum absolute atomic E-state index is 0.194. The number of pyridine rings is 1. The van der Waals surface area contributed by atoms with Crippen LogP contribution in [0.2, 0.25) is 0 Å². The van der Waals surface area contributed by atoms with E-state index in [0.717, 1.165) is 16.5 Å². The van der Waals surface area contributed by atoms with Gasteiger partial charge in [-0.3, -0.25) is 4.98 Å². The molecule has 1 aliphatic rings. The van der Waals surface area contributed by atoms with Gasteiger partial charge in [-0.15, -0.1) is 0 Å². The minimum atomic E-state index is -0.731. The van der Waals surface area contributed by atoms with Crippen LogP contribution in [0.5, 0.6) is 0 Å². The summed E-state index contributed by atoms with van der Waals surface area (Å²) in [6, 6.07) is 9.94. The summed E-state index contributed by atoms with van der Waals surface area (Å²) < 4.78 is 5.51. The molecule has 0 saturated heterocycles. The van der Waals surface area contributed by atoms with E-state index in [-0.39, 0.29) is 6.10 Å². The van der Waals surface area contributed by atoms with Crippen LogP contribution < -0.4 is 0 Å². The Morgan fingerprint density at radius 2 is 2.22 bits per heavy atom. The van der Waals surface area contributed by atoms with Crippen LogP contribution in [0.25, 0.3) is 10.9 Å². The number of ether oxygens (including phenoxy) is 1. The van der Waals surface area contributed by atoms with Gasteiger partial charge in [-0.2, -0.15) is 0 Å². The highest BCUT2D eigenvalue weighted by atomic mass is 16.5. The fourth-order valence-electron chi connectivity index (χ4n) is 2.64. The summed E-state index contributed by atoms with van der Waals surface area (Å²) in [6.45, 7) is 2.69. The fourth-order valence-corrected chi connectivity index (χ4v) is 2.64. The van der Waals surface area contributed by atoms with Gasteiger partial charge in [0, 0.05) is 31.0 Å². The monoisotopic (exact) mass is 243 g/mol. The van der Waals surface area contributed by atoms with Crippen LogP contribution in [-0.4, -0.2) is 22.8 Å². The van der Waals surface area contributed by atoms with Gasteiger partial charge in [-0.25, -0.2) is 0 Å². The van der Waals surface area contributed by atoms with Gasteiger partial charge in [0.1, 0.15) is 0 Å². The largest absolute Gasteiger partial charge is 0.385 e. The summed E-state index contributed by atoms with van der Waals surface area (Å²) >= 11 is 0. The van der Waals surface area contributed by atoms with Gasteiger partial charge in [-0.05, 0) is 24.6 Å². The number of hydrogen-bond acceptors (Lipinski definition) is 3. The van der Waals surface area contributed by atoms with Gasteiger partial charge in [0.15, 0.2) is 0 Å². The van der Waals surface area contributed by atoms with Crippen LogP contribution in [0.1, 0.15) is 25.3 Å². The molecule has 1 aliphatic carbocycles. The van der Waals surface area contributed by atoms with Crippen molar-refractivity contribution in [2.75, 3.05) is 6.61 Å². The first-order valence-corrected chi connectivity index (χ1v) is 6.40. The molecule has 3 nitrogen and oxygen atoms in total. The second kappa shape index (κ2) is 4.34. The molecular formula is C15H17NO2. The average Bonchev–Trinajstić information content (AvgIpc) is 2.36. The maximum absolute atomic E-state index is 10.5. The predicted octanol–water partition coefficient (Wildman–Crippen LogP) is 2.62. The standard InChI is InChI=1S/C15H17NO2/c1-2-18-13-9-15(17,10-13)12-6-5-11-4-3-7-16-14(11)8-12/h3-8,13,17H,2,9-10H2,1H3. The summed E-state index contributed by atoms with van der Waals surface area (Å²) in [7, 11) is 0. The highest BCUT2D eigenvalue weighted by molar-refractivity contribution is 5.79. The zero-order chi connectivity index (χ0) is 12.6. The summed E-state index contributed by atoms with van der Waals surface area (Å²) in [5, 5.41) is 11.6. The molecule has 0 unspecified atom stereocenters. The molecule has 0 amide bonds. The Morgan fingerprint density at radius 1 is 1.39 bits per heavy atom. The number of aliphatic hydroxyl groups is 1. The molecule has 1 heterocycles. The van der Waals surface area contributed by atoms with Crippen molar-refractivity contribution in [2.45, 2.75) is 31.5 Å². The van der Waals surface area contributed by atoms with Gasteiger partial charge in [0.25, 0.3) is 0 Å². The van der Waals surface area contributed by atoms with E-state index in [1.165, 1.54) is 0 Å².